The van der Waals surface area contributed by atoms with E-state index in [1.54, 1.807) is 6.07 Å². The molecule has 6 heteroatoms. The lowest BCUT2D eigenvalue weighted by Gasteiger charge is -2.19. The van der Waals surface area contributed by atoms with Crippen molar-refractivity contribution in [3.8, 4) is 0 Å². The SMILES string of the molecule is Cc1cc(C)c(C(=O)COC(=O)CN2C(=O)C3CCCCC3C2=O)cc1C. The van der Waals surface area contributed by atoms with Crippen LogP contribution < -0.4 is 0 Å². The molecule has 0 radical (unpaired) electrons. The number of nitrogens with zero attached hydrogens (tertiary/aromatic N) is 1. The van der Waals surface area contributed by atoms with Gasteiger partial charge in [0.2, 0.25) is 17.6 Å². The van der Waals surface area contributed by atoms with Gasteiger partial charge in [0.15, 0.2) is 6.61 Å². The normalized spacial score (nSPS) is 22.0. The van der Waals surface area contributed by atoms with E-state index >= 15 is 0 Å². The van der Waals surface area contributed by atoms with Gasteiger partial charge in [-0.3, -0.25) is 24.1 Å². The minimum Gasteiger partial charge on any atom is -0.456 e. The lowest BCUT2D eigenvalue weighted by Crippen LogP contribution is -2.37. The summed E-state index contributed by atoms with van der Waals surface area (Å²) in [5.74, 6) is -2.17. The number of benzene rings is 1. The first-order chi connectivity index (χ1) is 12.8. The Morgan fingerprint density at radius 3 is 2.11 bits per heavy atom. The number of ketones is 1. The van der Waals surface area contributed by atoms with Gasteiger partial charge in [-0.15, -0.1) is 0 Å². The Hall–Kier alpha value is -2.50. The van der Waals surface area contributed by atoms with E-state index in [4.69, 9.17) is 4.74 Å². The van der Waals surface area contributed by atoms with Crippen LogP contribution in [0.2, 0.25) is 0 Å². The number of Topliss-reactive ketones (excluding diaryl/α,β-unsaturated/α-hetero) is 1. The van der Waals surface area contributed by atoms with Crippen molar-refractivity contribution >= 4 is 23.6 Å². The lowest BCUT2D eigenvalue weighted by atomic mass is 9.81. The molecule has 1 aliphatic heterocycles. The van der Waals surface area contributed by atoms with Crippen LogP contribution in [0.5, 0.6) is 0 Å². The monoisotopic (exact) mass is 371 g/mol. The van der Waals surface area contributed by atoms with Gasteiger partial charge in [-0.25, -0.2) is 0 Å². The summed E-state index contributed by atoms with van der Waals surface area (Å²) >= 11 is 0. The molecular weight excluding hydrogens is 346 g/mol. The molecule has 1 aromatic carbocycles. The Kier molecular flexibility index (Phi) is 5.44. The Labute approximate surface area is 158 Å². The van der Waals surface area contributed by atoms with Gasteiger partial charge < -0.3 is 4.74 Å². The molecule has 144 valence electrons. The number of hydrogen-bond acceptors (Lipinski definition) is 5. The van der Waals surface area contributed by atoms with Gasteiger partial charge in [-0.05, 0) is 56.4 Å². The molecule has 2 amide bonds. The fraction of sp³-hybridized carbons (Fsp3) is 0.524. The zero-order valence-corrected chi connectivity index (χ0v) is 16.0. The highest BCUT2D eigenvalue weighted by molar-refractivity contribution is 6.07. The summed E-state index contributed by atoms with van der Waals surface area (Å²) in [5, 5.41) is 0. The number of carbonyl (C=O) groups is 4. The van der Waals surface area contributed by atoms with Gasteiger partial charge in [0, 0.05) is 5.56 Å². The maximum Gasteiger partial charge on any atom is 0.326 e. The Morgan fingerprint density at radius 1 is 0.963 bits per heavy atom. The van der Waals surface area contributed by atoms with Crippen LogP contribution in [0.25, 0.3) is 0 Å². The maximum absolute atomic E-state index is 12.4. The van der Waals surface area contributed by atoms with Crippen molar-refractivity contribution in [1.29, 1.82) is 0 Å². The van der Waals surface area contributed by atoms with Crippen molar-refractivity contribution in [2.45, 2.75) is 46.5 Å². The number of aryl methyl sites for hydroxylation is 3. The molecule has 1 saturated carbocycles. The lowest BCUT2D eigenvalue weighted by molar-refractivity contribution is -0.152. The zero-order chi connectivity index (χ0) is 19.7. The van der Waals surface area contributed by atoms with E-state index in [1.165, 1.54) is 0 Å². The molecule has 0 aromatic heterocycles. The van der Waals surface area contributed by atoms with Gasteiger partial charge in [-0.2, -0.15) is 0 Å². The highest BCUT2D eigenvalue weighted by Crippen LogP contribution is 2.37. The number of likely N-dealkylation sites (tertiary alicyclic amines) is 1. The Bertz CT molecular complexity index is 789. The fourth-order valence-corrected chi connectivity index (χ4v) is 4.05. The van der Waals surface area contributed by atoms with Gasteiger partial charge in [0.25, 0.3) is 0 Å². The minimum absolute atomic E-state index is 0.280. The molecule has 27 heavy (non-hydrogen) atoms. The van der Waals surface area contributed by atoms with Crippen LogP contribution in [0.1, 0.15) is 52.7 Å². The molecule has 1 aliphatic carbocycles. The largest absolute Gasteiger partial charge is 0.456 e. The smallest absolute Gasteiger partial charge is 0.326 e. The second kappa shape index (κ2) is 7.62. The van der Waals surface area contributed by atoms with Crippen molar-refractivity contribution in [3.63, 3.8) is 0 Å². The maximum atomic E-state index is 12.4. The zero-order valence-electron chi connectivity index (χ0n) is 16.0. The third-order valence-electron chi connectivity index (χ3n) is 5.72. The molecular formula is C21H25NO5. The summed E-state index contributed by atoms with van der Waals surface area (Å²) in [7, 11) is 0. The number of amides is 2. The minimum atomic E-state index is -0.731. The number of ether oxygens (including phenoxy) is 1. The van der Waals surface area contributed by atoms with Crippen molar-refractivity contribution in [1.82, 2.24) is 4.90 Å². The molecule has 1 saturated heterocycles. The number of imide groups is 1. The molecule has 3 rings (SSSR count). The predicted octanol–water partition coefficient (Wildman–Crippen LogP) is 2.51. The van der Waals surface area contributed by atoms with E-state index in [-0.39, 0.29) is 29.4 Å². The summed E-state index contributed by atoms with van der Waals surface area (Å²) in [4.78, 5) is 50.3. The van der Waals surface area contributed by atoms with E-state index in [2.05, 4.69) is 0 Å². The van der Waals surface area contributed by atoms with Gasteiger partial charge >= 0.3 is 5.97 Å². The number of rotatable bonds is 5. The molecule has 0 bridgehead atoms. The first-order valence-corrected chi connectivity index (χ1v) is 9.41. The van der Waals surface area contributed by atoms with Gasteiger partial charge in [0.05, 0.1) is 11.8 Å². The molecule has 2 atom stereocenters. The van der Waals surface area contributed by atoms with Gasteiger partial charge in [0.1, 0.15) is 6.54 Å². The molecule has 1 aromatic rings. The summed E-state index contributed by atoms with van der Waals surface area (Å²) in [6, 6.07) is 3.72. The van der Waals surface area contributed by atoms with E-state index in [0.29, 0.717) is 18.4 Å². The van der Waals surface area contributed by atoms with E-state index in [1.807, 2.05) is 26.8 Å². The molecule has 2 fully saturated rings. The average molecular weight is 371 g/mol. The molecule has 1 heterocycles. The first-order valence-electron chi connectivity index (χ1n) is 9.41. The quantitative estimate of drug-likeness (QED) is 0.451. The van der Waals surface area contributed by atoms with Crippen molar-refractivity contribution in [2.75, 3.05) is 13.2 Å². The summed E-state index contributed by atoms with van der Waals surface area (Å²) in [6.07, 6.45) is 3.27. The number of esters is 1. The third kappa shape index (κ3) is 3.80. The van der Waals surface area contributed by atoms with Crippen molar-refractivity contribution in [3.05, 3.63) is 34.4 Å². The molecule has 2 aliphatic rings. The van der Waals surface area contributed by atoms with Crippen LogP contribution in [0, 0.1) is 32.6 Å². The van der Waals surface area contributed by atoms with Crippen molar-refractivity contribution in [2.24, 2.45) is 11.8 Å². The summed E-state index contributed by atoms with van der Waals surface area (Å²) < 4.78 is 5.06. The molecule has 0 spiro atoms. The first kappa shape index (κ1) is 19.3. The molecule has 2 unspecified atom stereocenters. The predicted molar refractivity (Wildman–Crippen MR) is 98.1 cm³/mol. The Balaban J connectivity index is 1.58. The second-order valence-corrected chi connectivity index (χ2v) is 7.60. The molecule has 6 nitrogen and oxygen atoms in total. The van der Waals surface area contributed by atoms with E-state index < -0.39 is 19.1 Å². The van der Waals surface area contributed by atoms with Crippen molar-refractivity contribution < 1.29 is 23.9 Å². The Morgan fingerprint density at radius 2 is 1.52 bits per heavy atom. The van der Waals surface area contributed by atoms with Crippen LogP contribution in [0.15, 0.2) is 12.1 Å². The van der Waals surface area contributed by atoms with Crippen LogP contribution in [0.3, 0.4) is 0 Å². The standard InChI is InChI=1S/C21H25NO5/c1-12-8-14(3)17(9-13(12)2)18(23)11-27-19(24)10-22-20(25)15-6-4-5-7-16(15)21(22)26/h8-9,15-16H,4-7,10-11H2,1-3H3. The van der Waals surface area contributed by atoms with Gasteiger partial charge in [-0.1, -0.05) is 18.9 Å². The highest BCUT2D eigenvalue weighted by Gasteiger charge is 2.48. The average Bonchev–Trinajstić information content (AvgIpc) is 2.88. The van der Waals surface area contributed by atoms with Crippen LogP contribution in [-0.2, 0) is 19.1 Å². The molecule has 0 N–H and O–H groups in total. The number of carbonyl (C=O) groups excluding carboxylic acids is 4. The summed E-state index contributed by atoms with van der Waals surface area (Å²) in [6.45, 7) is 4.92. The van der Waals surface area contributed by atoms with Crippen LogP contribution in [0.4, 0.5) is 0 Å². The van der Waals surface area contributed by atoms with E-state index in [0.717, 1.165) is 34.4 Å². The van der Waals surface area contributed by atoms with Crippen LogP contribution in [-0.4, -0.2) is 41.6 Å². The topological polar surface area (TPSA) is 80.8 Å². The number of fused-ring (bicyclic) bond motifs is 1. The number of hydrogen-bond donors (Lipinski definition) is 0. The fourth-order valence-electron chi connectivity index (χ4n) is 4.05. The highest BCUT2D eigenvalue weighted by atomic mass is 16.5. The second-order valence-electron chi connectivity index (χ2n) is 7.60. The summed E-state index contributed by atoms with van der Waals surface area (Å²) in [5.41, 5.74) is 3.43. The third-order valence-corrected chi connectivity index (χ3v) is 5.72. The van der Waals surface area contributed by atoms with E-state index in [9.17, 15) is 19.2 Å². The van der Waals surface area contributed by atoms with Crippen LogP contribution >= 0.6 is 0 Å².